The third-order valence-electron chi connectivity index (χ3n) is 3.60. The standard InChI is InChI=1S/C14H22N2O4S/c1-19-8-9-20-13-2-4-14(5-3-13)21(17,18)16-7-6-12(10-15)11-16/h2-5,12H,6-11,15H2,1H3. The molecule has 1 atom stereocenters. The Bertz CT molecular complexity index is 545. The Hall–Kier alpha value is -1.15. The van der Waals surface area contributed by atoms with Crippen molar-refractivity contribution >= 4 is 10.0 Å². The van der Waals surface area contributed by atoms with Gasteiger partial charge in [-0.3, -0.25) is 0 Å². The molecule has 0 spiro atoms. The van der Waals surface area contributed by atoms with Gasteiger partial charge in [0.15, 0.2) is 0 Å². The van der Waals surface area contributed by atoms with E-state index in [4.69, 9.17) is 15.2 Å². The van der Waals surface area contributed by atoms with Crippen LogP contribution in [0.3, 0.4) is 0 Å². The number of hydrogen-bond donors (Lipinski definition) is 1. The molecule has 1 heterocycles. The van der Waals surface area contributed by atoms with Crippen LogP contribution in [0.15, 0.2) is 29.2 Å². The predicted molar refractivity (Wildman–Crippen MR) is 79.7 cm³/mol. The van der Waals surface area contributed by atoms with Crippen molar-refractivity contribution in [3.05, 3.63) is 24.3 Å². The molecule has 118 valence electrons. The van der Waals surface area contributed by atoms with Crippen LogP contribution in [-0.4, -0.2) is 52.7 Å². The summed E-state index contributed by atoms with van der Waals surface area (Å²) in [5, 5.41) is 0. The molecule has 2 rings (SSSR count). The van der Waals surface area contributed by atoms with Crippen molar-refractivity contribution in [1.82, 2.24) is 4.31 Å². The normalized spacial score (nSPS) is 19.8. The highest BCUT2D eigenvalue weighted by molar-refractivity contribution is 7.89. The van der Waals surface area contributed by atoms with Gasteiger partial charge in [-0.1, -0.05) is 0 Å². The summed E-state index contributed by atoms with van der Waals surface area (Å²) in [6.07, 6.45) is 0.827. The number of nitrogens with two attached hydrogens (primary N) is 1. The molecule has 2 N–H and O–H groups in total. The number of methoxy groups -OCH3 is 1. The van der Waals surface area contributed by atoms with E-state index in [1.807, 2.05) is 0 Å². The summed E-state index contributed by atoms with van der Waals surface area (Å²) in [5.41, 5.74) is 5.61. The van der Waals surface area contributed by atoms with Gasteiger partial charge in [-0.05, 0) is 43.1 Å². The molecule has 1 saturated heterocycles. The van der Waals surface area contributed by atoms with E-state index in [1.165, 1.54) is 4.31 Å². The van der Waals surface area contributed by atoms with Crippen LogP contribution in [0.5, 0.6) is 5.75 Å². The van der Waals surface area contributed by atoms with Crippen LogP contribution in [0.25, 0.3) is 0 Å². The minimum absolute atomic E-state index is 0.261. The predicted octanol–water partition coefficient (Wildman–Crippen LogP) is 0.681. The first kappa shape index (κ1) is 16.2. The maximum atomic E-state index is 12.5. The molecule has 1 aliphatic heterocycles. The van der Waals surface area contributed by atoms with E-state index >= 15 is 0 Å². The third-order valence-corrected chi connectivity index (χ3v) is 5.48. The van der Waals surface area contributed by atoms with Crippen molar-refractivity contribution in [2.75, 3.05) is 40.0 Å². The monoisotopic (exact) mass is 314 g/mol. The van der Waals surface area contributed by atoms with Crippen molar-refractivity contribution in [3.63, 3.8) is 0 Å². The Morgan fingerprint density at radius 2 is 2.00 bits per heavy atom. The maximum absolute atomic E-state index is 12.5. The lowest BCUT2D eigenvalue weighted by Gasteiger charge is -2.16. The van der Waals surface area contributed by atoms with E-state index in [0.717, 1.165) is 6.42 Å². The van der Waals surface area contributed by atoms with E-state index in [-0.39, 0.29) is 5.92 Å². The average Bonchev–Trinajstić information content (AvgIpc) is 2.98. The minimum Gasteiger partial charge on any atom is -0.491 e. The van der Waals surface area contributed by atoms with Gasteiger partial charge in [0.1, 0.15) is 12.4 Å². The third kappa shape index (κ3) is 3.94. The zero-order valence-corrected chi connectivity index (χ0v) is 13.0. The lowest BCUT2D eigenvalue weighted by Crippen LogP contribution is -2.30. The van der Waals surface area contributed by atoms with Crippen LogP contribution >= 0.6 is 0 Å². The first-order chi connectivity index (χ1) is 10.1. The Labute approximate surface area is 125 Å². The number of rotatable bonds is 7. The maximum Gasteiger partial charge on any atom is 0.243 e. The smallest absolute Gasteiger partial charge is 0.243 e. The molecular formula is C14H22N2O4S. The second kappa shape index (κ2) is 7.22. The Balaban J connectivity index is 2.03. The highest BCUT2D eigenvalue weighted by atomic mass is 32.2. The highest BCUT2D eigenvalue weighted by Crippen LogP contribution is 2.25. The minimum atomic E-state index is -3.43. The molecule has 1 aliphatic rings. The molecule has 7 heteroatoms. The summed E-state index contributed by atoms with van der Waals surface area (Å²) in [6, 6.07) is 6.48. The fraction of sp³-hybridized carbons (Fsp3) is 0.571. The van der Waals surface area contributed by atoms with Crippen molar-refractivity contribution in [2.24, 2.45) is 11.7 Å². The lowest BCUT2D eigenvalue weighted by molar-refractivity contribution is 0.146. The zero-order chi connectivity index (χ0) is 15.3. The highest BCUT2D eigenvalue weighted by Gasteiger charge is 2.31. The summed E-state index contributed by atoms with van der Waals surface area (Å²) in [7, 11) is -1.83. The van der Waals surface area contributed by atoms with Gasteiger partial charge in [0.05, 0.1) is 11.5 Å². The van der Waals surface area contributed by atoms with Gasteiger partial charge in [0, 0.05) is 20.2 Å². The fourth-order valence-electron chi connectivity index (χ4n) is 2.31. The molecule has 0 amide bonds. The Morgan fingerprint density at radius 1 is 1.29 bits per heavy atom. The van der Waals surface area contributed by atoms with Crippen molar-refractivity contribution in [2.45, 2.75) is 11.3 Å². The summed E-state index contributed by atoms with van der Waals surface area (Å²) in [5.74, 6) is 0.892. The van der Waals surface area contributed by atoms with Crippen molar-refractivity contribution < 1.29 is 17.9 Å². The molecule has 21 heavy (non-hydrogen) atoms. The second-order valence-electron chi connectivity index (χ2n) is 5.07. The van der Waals surface area contributed by atoms with Gasteiger partial charge in [0.2, 0.25) is 10.0 Å². The van der Waals surface area contributed by atoms with Gasteiger partial charge >= 0.3 is 0 Å². The molecule has 6 nitrogen and oxygen atoms in total. The lowest BCUT2D eigenvalue weighted by atomic mass is 10.1. The first-order valence-electron chi connectivity index (χ1n) is 7.00. The van der Waals surface area contributed by atoms with Crippen LogP contribution in [0.4, 0.5) is 0 Å². The number of nitrogens with zero attached hydrogens (tertiary/aromatic N) is 1. The summed E-state index contributed by atoms with van der Waals surface area (Å²) in [6.45, 7) is 2.50. The number of ether oxygens (including phenoxy) is 2. The van der Waals surface area contributed by atoms with E-state index in [2.05, 4.69) is 0 Å². The average molecular weight is 314 g/mol. The van der Waals surface area contributed by atoms with E-state index < -0.39 is 10.0 Å². The van der Waals surface area contributed by atoms with Gasteiger partial charge in [-0.15, -0.1) is 0 Å². The molecule has 1 aromatic carbocycles. The molecule has 1 aromatic rings. The first-order valence-corrected chi connectivity index (χ1v) is 8.44. The van der Waals surface area contributed by atoms with Gasteiger partial charge < -0.3 is 15.2 Å². The molecule has 0 saturated carbocycles. The number of benzene rings is 1. The molecule has 1 fully saturated rings. The molecule has 0 radical (unpaired) electrons. The van der Waals surface area contributed by atoms with Gasteiger partial charge in [-0.25, -0.2) is 8.42 Å². The van der Waals surface area contributed by atoms with E-state index in [1.54, 1.807) is 31.4 Å². The van der Waals surface area contributed by atoms with Crippen LogP contribution in [-0.2, 0) is 14.8 Å². The molecule has 0 aromatic heterocycles. The van der Waals surface area contributed by atoms with E-state index in [0.29, 0.717) is 43.5 Å². The van der Waals surface area contributed by atoms with E-state index in [9.17, 15) is 8.42 Å². The Morgan fingerprint density at radius 3 is 2.57 bits per heavy atom. The van der Waals surface area contributed by atoms with Crippen LogP contribution in [0, 0.1) is 5.92 Å². The second-order valence-corrected chi connectivity index (χ2v) is 7.00. The molecule has 1 unspecified atom stereocenters. The topological polar surface area (TPSA) is 81.9 Å². The van der Waals surface area contributed by atoms with Crippen LogP contribution in [0.1, 0.15) is 6.42 Å². The summed E-state index contributed by atoms with van der Waals surface area (Å²) >= 11 is 0. The Kier molecular flexibility index (Phi) is 5.58. The number of hydrogen-bond acceptors (Lipinski definition) is 5. The molecular weight excluding hydrogens is 292 g/mol. The SMILES string of the molecule is COCCOc1ccc(S(=O)(=O)N2CCC(CN)C2)cc1. The van der Waals surface area contributed by atoms with Crippen LogP contribution < -0.4 is 10.5 Å². The summed E-state index contributed by atoms with van der Waals surface area (Å²) < 4.78 is 36.8. The van der Waals surface area contributed by atoms with Crippen LogP contribution in [0.2, 0.25) is 0 Å². The van der Waals surface area contributed by atoms with Crippen molar-refractivity contribution in [1.29, 1.82) is 0 Å². The molecule has 0 aliphatic carbocycles. The molecule has 0 bridgehead atoms. The van der Waals surface area contributed by atoms with Gasteiger partial charge in [-0.2, -0.15) is 4.31 Å². The number of sulfonamides is 1. The summed E-state index contributed by atoms with van der Waals surface area (Å²) in [4.78, 5) is 0.291. The largest absolute Gasteiger partial charge is 0.491 e. The fourth-order valence-corrected chi connectivity index (χ4v) is 3.84. The van der Waals surface area contributed by atoms with Crippen molar-refractivity contribution in [3.8, 4) is 5.75 Å². The zero-order valence-electron chi connectivity index (χ0n) is 12.2. The quantitative estimate of drug-likeness (QED) is 0.749. The van der Waals surface area contributed by atoms with Gasteiger partial charge in [0.25, 0.3) is 0 Å².